The molecular weight excluding hydrogens is 457 g/mol. The zero-order valence-electron chi connectivity index (χ0n) is 21.1. The third-order valence-corrected chi connectivity index (χ3v) is 7.18. The summed E-state index contributed by atoms with van der Waals surface area (Å²) in [6.45, 7) is 7.45. The van der Waals surface area contributed by atoms with Gasteiger partial charge in [0, 0.05) is 30.4 Å². The van der Waals surface area contributed by atoms with Crippen molar-refractivity contribution in [3.05, 3.63) is 71.3 Å². The van der Waals surface area contributed by atoms with Gasteiger partial charge in [0.1, 0.15) is 11.5 Å². The first-order chi connectivity index (χ1) is 17.5. The van der Waals surface area contributed by atoms with Crippen LogP contribution in [0, 0.1) is 19.7 Å². The molecule has 5 rings (SSSR count). The SMILES string of the molecule is CCn1nc(C)c(CCNC(=O)c2ccc(-c3c(-c4ccc(F)cc4)ncn3C3CCCC3)o2)c1C. The van der Waals surface area contributed by atoms with E-state index < -0.39 is 0 Å². The van der Waals surface area contributed by atoms with Gasteiger partial charge in [0.05, 0.1) is 17.7 Å². The highest BCUT2D eigenvalue weighted by molar-refractivity contribution is 5.92. The number of nitrogens with one attached hydrogen (secondary N) is 1. The van der Waals surface area contributed by atoms with Gasteiger partial charge in [-0.2, -0.15) is 5.10 Å². The first-order valence-electron chi connectivity index (χ1n) is 12.7. The minimum atomic E-state index is -0.292. The van der Waals surface area contributed by atoms with Crippen LogP contribution in [0.2, 0.25) is 0 Å². The second-order valence-corrected chi connectivity index (χ2v) is 9.43. The second kappa shape index (κ2) is 10.1. The van der Waals surface area contributed by atoms with Gasteiger partial charge in [-0.3, -0.25) is 9.48 Å². The first kappa shape index (κ1) is 24.0. The van der Waals surface area contributed by atoms with Gasteiger partial charge >= 0.3 is 0 Å². The molecule has 1 fully saturated rings. The van der Waals surface area contributed by atoms with Gasteiger partial charge < -0.3 is 14.3 Å². The van der Waals surface area contributed by atoms with Crippen LogP contribution >= 0.6 is 0 Å². The molecule has 188 valence electrons. The highest BCUT2D eigenvalue weighted by Crippen LogP contribution is 2.39. The van der Waals surface area contributed by atoms with Gasteiger partial charge in [-0.25, -0.2) is 9.37 Å². The van der Waals surface area contributed by atoms with Crippen molar-refractivity contribution in [1.82, 2.24) is 24.6 Å². The maximum atomic E-state index is 13.5. The maximum Gasteiger partial charge on any atom is 0.287 e. The van der Waals surface area contributed by atoms with E-state index in [0.717, 1.165) is 47.7 Å². The van der Waals surface area contributed by atoms with Gasteiger partial charge in [-0.15, -0.1) is 0 Å². The van der Waals surface area contributed by atoms with Crippen molar-refractivity contribution in [2.24, 2.45) is 0 Å². The topological polar surface area (TPSA) is 77.9 Å². The van der Waals surface area contributed by atoms with Crippen LogP contribution in [0.5, 0.6) is 0 Å². The molecule has 1 aliphatic rings. The average molecular weight is 490 g/mol. The zero-order valence-corrected chi connectivity index (χ0v) is 21.1. The largest absolute Gasteiger partial charge is 0.449 e. The van der Waals surface area contributed by atoms with E-state index in [0.29, 0.717) is 24.8 Å². The summed E-state index contributed by atoms with van der Waals surface area (Å²) in [6, 6.07) is 10.2. The van der Waals surface area contributed by atoms with E-state index in [1.807, 2.05) is 24.0 Å². The van der Waals surface area contributed by atoms with Crippen molar-refractivity contribution in [2.75, 3.05) is 6.54 Å². The number of hydrogen-bond donors (Lipinski definition) is 1. The minimum Gasteiger partial charge on any atom is -0.449 e. The van der Waals surface area contributed by atoms with Gasteiger partial charge in [-0.1, -0.05) is 12.8 Å². The summed E-state index contributed by atoms with van der Waals surface area (Å²) >= 11 is 0. The Morgan fingerprint density at radius 3 is 2.58 bits per heavy atom. The number of aryl methyl sites for hydroxylation is 2. The van der Waals surface area contributed by atoms with Gasteiger partial charge in [0.15, 0.2) is 11.5 Å². The summed E-state index contributed by atoms with van der Waals surface area (Å²) in [5.74, 6) is 0.293. The molecule has 1 amide bonds. The third-order valence-electron chi connectivity index (χ3n) is 7.18. The number of halogens is 1. The fourth-order valence-corrected chi connectivity index (χ4v) is 5.26. The molecule has 0 aliphatic heterocycles. The number of amides is 1. The van der Waals surface area contributed by atoms with Crippen LogP contribution in [0.3, 0.4) is 0 Å². The monoisotopic (exact) mass is 489 g/mol. The van der Waals surface area contributed by atoms with E-state index in [1.54, 1.807) is 18.2 Å². The fraction of sp³-hybridized carbons (Fsp3) is 0.393. The van der Waals surface area contributed by atoms with Crippen molar-refractivity contribution in [1.29, 1.82) is 0 Å². The van der Waals surface area contributed by atoms with Crippen LogP contribution in [0.15, 0.2) is 47.1 Å². The van der Waals surface area contributed by atoms with Crippen LogP contribution in [0.4, 0.5) is 4.39 Å². The molecule has 0 radical (unpaired) electrons. The molecule has 3 aromatic heterocycles. The highest BCUT2D eigenvalue weighted by atomic mass is 19.1. The van der Waals surface area contributed by atoms with Crippen LogP contribution in [0.25, 0.3) is 22.7 Å². The number of furan rings is 1. The lowest BCUT2D eigenvalue weighted by molar-refractivity contribution is 0.0927. The van der Waals surface area contributed by atoms with Crippen LogP contribution in [-0.4, -0.2) is 31.8 Å². The molecule has 1 aromatic carbocycles. The molecule has 0 atom stereocenters. The molecule has 0 spiro atoms. The van der Waals surface area contributed by atoms with Crippen molar-refractivity contribution < 1.29 is 13.6 Å². The molecule has 8 heteroatoms. The van der Waals surface area contributed by atoms with E-state index >= 15 is 0 Å². The Morgan fingerprint density at radius 2 is 1.89 bits per heavy atom. The molecule has 4 aromatic rings. The molecule has 36 heavy (non-hydrogen) atoms. The Balaban J connectivity index is 1.37. The molecule has 0 bridgehead atoms. The molecule has 1 saturated carbocycles. The molecule has 1 aliphatic carbocycles. The number of nitrogens with zero attached hydrogens (tertiary/aromatic N) is 4. The highest BCUT2D eigenvalue weighted by Gasteiger charge is 2.26. The summed E-state index contributed by atoms with van der Waals surface area (Å²) in [4.78, 5) is 17.6. The lowest BCUT2D eigenvalue weighted by Gasteiger charge is -2.15. The fourth-order valence-electron chi connectivity index (χ4n) is 5.26. The summed E-state index contributed by atoms with van der Waals surface area (Å²) in [5.41, 5.74) is 5.66. The minimum absolute atomic E-state index is 0.255. The van der Waals surface area contributed by atoms with E-state index in [1.165, 1.54) is 30.5 Å². The zero-order chi connectivity index (χ0) is 25.2. The van der Waals surface area contributed by atoms with Crippen LogP contribution in [0.1, 0.15) is 66.2 Å². The lowest BCUT2D eigenvalue weighted by atomic mass is 10.1. The number of aromatic nitrogens is 4. The van der Waals surface area contributed by atoms with Crippen molar-refractivity contribution in [3.8, 4) is 22.7 Å². The Bertz CT molecular complexity index is 1360. The van der Waals surface area contributed by atoms with E-state index in [4.69, 9.17) is 4.42 Å². The Morgan fingerprint density at radius 1 is 1.14 bits per heavy atom. The maximum absolute atomic E-state index is 13.5. The van der Waals surface area contributed by atoms with Crippen LogP contribution < -0.4 is 5.32 Å². The molecule has 1 N–H and O–H groups in total. The lowest BCUT2D eigenvalue weighted by Crippen LogP contribution is -2.25. The van der Waals surface area contributed by atoms with Crippen molar-refractivity contribution in [3.63, 3.8) is 0 Å². The van der Waals surface area contributed by atoms with Gasteiger partial charge in [0.25, 0.3) is 5.91 Å². The summed E-state index contributed by atoms with van der Waals surface area (Å²) in [6.07, 6.45) is 7.06. The predicted molar refractivity (Wildman–Crippen MR) is 136 cm³/mol. The molecule has 3 heterocycles. The smallest absolute Gasteiger partial charge is 0.287 e. The molecule has 7 nitrogen and oxygen atoms in total. The van der Waals surface area contributed by atoms with Crippen molar-refractivity contribution in [2.45, 2.75) is 65.5 Å². The van der Waals surface area contributed by atoms with E-state index in [9.17, 15) is 9.18 Å². The van der Waals surface area contributed by atoms with Gasteiger partial charge in [0.2, 0.25) is 0 Å². The number of benzene rings is 1. The first-order valence-corrected chi connectivity index (χ1v) is 12.7. The number of carbonyl (C=O) groups is 1. The third kappa shape index (κ3) is 4.59. The van der Waals surface area contributed by atoms with E-state index in [2.05, 4.69) is 33.8 Å². The number of imidazole rings is 1. The normalized spacial score (nSPS) is 14.0. The quantitative estimate of drug-likeness (QED) is 0.336. The standard InChI is InChI=1S/C28H32FN5O2/c1-4-34-19(3)23(18(2)32-34)15-16-30-28(35)25-14-13-24(36-25)27-26(20-9-11-21(29)12-10-20)31-17-33(27)22-7-5-6-8-22/h9-14,17,22H,4-8,15-16H2,1-3H3,(H,30,35). The second-order valence-electron chi connectivity index (χ2n) is 9.43. The number of rotatable bonds is 8. The molecule has 0 unspecified atom stereocenters. The van der Waals surface area contributed by atoms with Crippen molar-refractivity contribution >= 4 is 5.91 Å². The number of hydrogen-bond acceptors (Lipinski definition) is 4. The molecular formula is C28H32FN5O2. The van der Waals surface area contributed by atoms with Gasteiger partial charge in [-0.05, 0) is 82.0 Å². The molecule has 0 saturated heterocycles. The predicted octanol–water partition coefficient (Wildman–Crippen LogP) is 5.87. The summed E-state index contributed by atoms with van der Waals surface area (Å²) < 4.78 is 23.8. The Kier molecular flexibility index (Phi) is 6.76. The average Bonchev–Trinajstić information content (AvgIpc) is 3.67. The van der Waals surface area contributed by atoms with E-state index in [-0.39, 0.29) is 17.5 Å². The summed E-state index contributed by atoms with van der Waals surface area (Å²) in [7, 11) is 0. The Hall–Kier alpha value is -3.68. The van der Waals surface area contributed by atoms with Crippen LogP contribution in [-0.2, 0) is 13.0 Å². The Labute approximate surface area is 210 Å². The number of carbonyl (C=O) groups excluding carboxylic acids is 1. The summed E-state index contributed by atoms with van der Waals surface area (Å²) in [5, 5.41) is 7.53.